The molecule has 1 aliphatic carbocycles. The van der Waals surface area contributed by atoms with E-state index >= 15 is 0 Å². The summed E-state index contributed by atoms with van der Waals surface area (Å²) < 4.78 is 11.7. The lowest BCUT2D eigenvalue weighted by Crippen LogP contribution is -2.49. The second-order valence-corrected chi connectivity index (χ2v) is 6.13. The molecular weight excluding hydrogens is 226 g/mol. The molecule has 3 atom stereocenters. The van der Waals surface area contributed by atoms with Crippen molar-refractivity contribution in [1.82, 2.24) is 0 Å². The fraction of sp³-hybridized carbons (Fsp3) is 1.00. The molecule has 3 nitrogen and oxygen atoms in total. The summed E-state index contributed by atoms with van der Waals surface area (Å²) in [4.78, 5) is 0. The summed E-state index contributed by atoms with van der Waals surface area (Å²) in [6.45, 7) is 3.09. The lowest BCUT2D eigenvalue weighted by atomic mass is 9.79. The van der Waals surface area contributed by atoms with E-state index in [0.29, 0.717) is 5.92 Å². The molecule has 1 heterocycles. The van der Waals surface area contributed by atoms with Gasteiger partial charge in [0.05, 0.1) is 11.7 Å². The first kappa shape index (κ1) is 14.3. The fourth-order valence-electron chi connectivity index (χ4n) is 3.82. The minimum Gasteiger partial charge on any atom is -0.380 e. The quantitative estimate of drug-likeness (QED) is 0.821. The molecule has 3 unspecified atom stereocenters. The summed E-state index contributed by atoms with van der Waals surface area (Å²) in [5.41, 5.74) is 6.63. The standard InChI is InChI=1S/C15H29NO2/c1-3-6-13(17-2)14(16)12-7-10-18-15(11-12)8-4-5-9-15/h12-14H,3-11,16H2,1-2H3. The topological polar surface area (TPSA) is 44.5 Å². The SMILES string of the molecule is CCCC(OC)C(N)C1CCOC2(CCCC2)C1. The molecule has 0 aromatic rings. The van der Waals surface area contributed by atoms with E-state index in [1.165, 1.54) is 25.7 Å². The van der Waals surface area contributed by atoms with E-state index in [-0.39, 0.29) is 17.7 Å². The Morgan fingerprint density at radius 1 is 1.39 bits per heavy atom. The van der Waals surface area contributed by atoms with E-state index in [2.05, 4.69) is 6.92 Å². The van der Waals surface area contributed by atoms with Crippen LogP contribution < -0.4 is 5.73 Å². The second-order valence-electron chi connectivity index (χ2n) is 6.13. The van der Waals surface area contributed by atoms with E-state index in [0.717, 1.165) is 32.3 Å². The van der Waals surface area contributed by atoms with Gasteiger partial charge in [0.25, 0.3) is 0 Å². The van der Waals surface area contributed by atoms with Gasteiger partial charge in [-0.3, -0.25) is 0 Å². The van der Waals surface area contributed by atoms with Crippen LogP contribution in [0.15, 0.2) is 0 Å². The summed E-state index contributed by atoms with van der Waals surface area (Å²) in [5, 5.41) is 0. The van der Waals surface area contributed by atoms with Gasteiger partial charge in [0.1, 0.15) is 0 Å². The molecule has 1 spiro atoms. The number of hydrogen-bond donors (Lipinski definition) is 1. The third kappa shape index (κ3) is 3.06. The Morgan fingerprint density at radius 3 is 2.72 bits per heavy atom. The van der Waals surface area contributed by atoms with E-state index < -0.39 is 0 Å². The van der Waals surface area contributed by atoms with E-state index in [1.54, 1.807) is 7.11 Å². The first-order valence-corrected chi connectivity index (χ1v) is 7.63. The number of ether oxygens (including phenoxy) is 2. The largest absolute Gasteiger partial charge is 0.380 e. The molecule has 0 radical (unpaired) electrons. The van der Waals surface area contributed by atoms with Gasteiger partial charge in [-0.25, -0.2) is 0 Å². The van der Waals surface area contributed by atoms with E-state index in [4.69, 9.17) is 15.2 Å². The average Bonchev–Trinajstić information content (AvgIpc) is 2.83. The van der Waals surface area contributed by atoms with Gasteiger partial charge in [0, 0.05) is 19.8 Å². The summed E-state index contributed by atoms with van der Waals surface area (Å²) in [6.07, 6.45) is 9.81. The minimum absolute atomic E-state index is 0.172. The zero-order chi connectivity index (χ0) is 13.0. The second kappa shape index (κ2) is 6.36. The van der Waals surface area contributed by atoms with Crippen molar-refractivity contribution in [2.45, 2.75) is 76.0 Å². The van der Waals surface area contributed by atoms with Gasteiger partial charge in [-0.1, -0.05) is 26.2 Å². The van der Waals surface area contributed by atoms with Crippen molar-refractivity contribution in [2.24, 2.45) is 11.7 Å². The highest BCUT2D eigenvalue weighted by Gasteiger charge is 2.42. The van der Waals surface area contributed by atoms with E-state index in [1.807, 2.05) is 0 Å². The molecule has 2 rings (SSSR count). The molecule has 18 heavy (non-hydrogen) atoms. The Kier molecular flexibility index (Phi) is 5.05. The van der Waals surface area contributed by atoms with Crippen LogP contribution in [0.2, 0.25) is 0 Å². The maximum absolute atomic E-state index is 6.46. The van der Waals surface area contributed by atoms with E-state index in [9.17, 15) is 0 Å². The highest BCUT2D eigenvalue weighted by Crippen LogP contribution is 2.43. The van der Waals surface area contributed by atoms with Crippen LogP contribution in [0, 0.1) is 5.92 Å². The molecule has 2 fully saturated rings. The zero-order valence-corrected chi connectivity index (χ0v) is 12.0. The predicted octanol–water partition coefficient (Wildman–Crippen LogP) is 2.87. The van der Waals surface area contributed by atoms with Crippen LogP contribution in [0.5, 0.6) is 0 Å². The first-order chi connectivity index (χ1) is 8.71. The molecular formula is C15H29NO2. The van der Waals surface area contributed by atoms with Crippen molar-refractivity contribution in [1.29, 1.82) is 0 Å². The Hall–Kier alpha value is -0.120. The molecule has 0 amide bonds. The van der Waals surface area contributed by atoms with Crippen LogP contribution in [0.25, 0.3) is 0 Å². The molecule has 106 valence electrons. The van der Waals surface area contributed by atoms with Crippen LogP contribution in [0.4, 0.5) is 0 Å². The van der Waals surface area contributed by atoms with Crippen molar-refractivity contribution < 1.29 is 9.47 Å². The molecule has 1 aliphatic heterocycles. The first-order valence-electron chi connectivity index (χ1n) is 7.63. The van der Waals surface area contributed by atoms with Crippen molar-refractivity contribution in [2.75, 3.05) is 13.7 Å². The highest BCUT2D eigenvalue weighted by atomic mass is 16.5. The Bertz CT molecular complexity index is 251. The van der Waals surface area contributed by atoms with Crippen LogP contribution >= 0.6 is 0 Å². The molecule has 1 saturated heterocycles. The van der Waals surface area contributed by atoms with Gasteiger partial charge in [-0.15, -0.1) is 0 Å². The van der Waals surface area contributed by atoms with Crippen LogP contribution in [-0.4, -0.2) is 31.5 Å². The highest BCUT2D eigenvalue weighted by molar-refractivity contribution is 4.95. The van der Waals surface area contributed by atoms with Crippen molar-refractivity contribution >= 4 is 0 Å². The monoisotopic (exact) mass is 255 g/mol. The molecule has 1 saturated carbocycles. The van der Waals surface area contributed by atoms with Crippen LogP contribution in [0.1, 0.15) is 58.3 Å². The molecule has 2 aliphatic rings. The average molecular weight is 255 g/mol. The van der Waals surface area contributed by atoms with Gasteiger partial charge in [-0.2, -0.15) is 0 Å². The lowest BCUT2D eigenvalue weighted by molar-refractivity contribution is -0.104. The molecule has 3 heteroatoms. The third-order valence-electron chi connectivity index (χ3n) is 4.90. The van der Waals surface area contributed by atoms with Gasteiger partial charge in [0.15, 0.2) is 0 Å². The molecule has 0 bridgehead atoms. The van der Waals surface area contributed by atoms with Crippen LogP contribution in [0.3, 0.4) is 0 Å². The van der Waals surface area contributed by atoms with Gasteiger partial charge < -0.3 is 15.2 Å². The van der Waals surface area contributed by atoms with Crippen molar-refractivity contribution in [3.8, 4) is 0 Å². The smallest absolute Gasteiger partial charge is 0.0724 e. The molecule has 0 aromatic heterocycles. The summed E-state index contributed by atoms with van der Waals surface area (Å²) in [7, 11) is 1.80. The normalized spacial score (nSPS) is 30.5. The van der Waals surface area contributed by atoms with Crippen molar-refractivity contribution in [3.05, 3.63) is 0 Å². The van der Waals surface area contributed by atoms with Crippen LogP contribution in [-0.2, 0) is 9.47 Å². The van der Waals surface area contributed by atoms with Gasteiger partial charge in [0.2, 0.25) is 0 Å². The number of hydrogen-bond acceptors (Lipinski definition) is 3. The summed E-state index contributed by atoms with van der Waals surface area (Å²) in [5.74, 6) is 0.577. The lowest BCUT2D eigenvalue weighted by Gasteiger charge is -2.42. The Morgan fingerprint density at radius 2 is 2.11 bits per heavy atom. The molecule has 2 N–H and O–H groups in total. The zero-order valence-electron chi connectivity index (χ0n) is 12.0. The predicted molar refractivity (Wildman–Crippen MR) is 73.6 cm³/mol. The van der Waals surface area contributed by atoms with Crippen molar-refractivity contribution in [3.63, 3.8) is 0 Å². The third-order valence-corrected chi connectivity index (χ3v) is 4.90. The Balaban J connectivity index is 1.94. The maximum atomic E-state index is 6.46. The summed E-state index contributed by atoms with van der Waals surface area (Å²) in [6, 6.07) is 0.177. The number of nitrogens with two attached hydrogens (primary N) is 1. The number of rotatable bonds is 5. The maximum Gasteiger partial charge on any atom is 0.0724 e. The van der Waals surface area contributed by atoms with Gasteiger partial charge >= 0.3 is 0 Å². The Labute approximate surface area is 111 Å². The summed E-state index contributed by atoms with van der Waals surface area (Å²) >= 11 is 0. The van der Waals surface area contributed by atoms with Gasteiger partial charge in [-0.05, 0) is 38.0 Å². The minimum atomic E-state index is 0.172. The molecule has 0 aromatic carbocycles. The number of methoxy groups -OCH3 is 1. The fourth-order valence-corrected chi connectivity index (χ4v) is 3.82.